The van der Waals surface area contributed by atoms with Crippen LogP contribution in [0, 0.1) is 5.92 Å². The van der Waals surface area contributed by atoms with E-state index in [0.717, 1.165) is 5.92 Å². The van der Waals surface area contributed by atoms with Crippen LogP contribution in [-0.4, -0.2) is 38.1 Å². The van der Waals surface area contributed by atoms with E-state index in [1.165, 1.54) is 45.4 Å². The summed E-state index contributed by atoms with van der Waals surface area (Å²) in [5, 5.41) is 3.41. The average molecular weight is 196 g/mol. The Morgan fingerprint density at radius 1 is 1.36 bits per heavy atom. The Bertz CT molecular complexity index is 160. The van der Waals surface area contributed by atoms with E-state index in [-0.39, 0.29) is 0 Å². The molecular weight excluding hydrogens is 172 g/mol. The second kappa shape index (κ2) is 7.02. The van der Waals surface area contributed by atoms with E-state index in [9.17, 15) is 0 Å². The summed E-state index contributed by atoms with van der Waals surface area (Å²) in [4.78, 5) is 2.47. The van der Waals surface area contributed by atoms with Crippen molar-refractivity contribution in [3.63, 3.8) is 0 Å². The maximum atomic E-state index is 3.41. The van der Waals surface area contributed by atoms with E-state index in [0.29, 0.717) is 0 Å². The number of hydrogen-bond acceptors (Lipinski definition) is 2. The molecule has 0 spiro atoms. The molecule has 0 aromatic carbocycles. The summed E-state index contributed by atoms with van der Waals surface area (Å²) >= 11 is 0. The first-order valence-electron chi connectivity index (χ1n) is 5.83. The van der Waals surface area contributed by atoms with Gasteiger partial charge in [0.15, 0.2) is 0 Å². The van der Waals surface area contributed by atoms with Crippen LogP contribution in [0.5, 0.6) is 0 Å². The fourth-order valence-electron chi connectivity index (χ4n) is 2.06. The van der Waals surface area contributed by atoms with Crippen LogP contribution in [0.1, 0.15) is 26.2 Å². The molecule has 82 valence electrons. The third-order valence-corrected chi connectivity index (χ3v) is 2.94. The number of piperidine rings is 1. The molecule has 0 radical (unpaired) electrons. The molecule has 2 heteroatoms. The molecule has 2 nitrogen and oxygen atoms in total. The molecule has 0 aromatic heterocycles. The highest BCUT2D eigenvalue weighted by molar-refractivity contribution is 4.78. The summed E-state index contributed by atoms with van der Waals surface area (Å²) in [6.45, 7) is 7.00. The lowest BCUT2D eigenvalue weighted by Crippen LogP contribution is -2.34. The minimum atomic E-state index is 0.923. The van der Waals surface area contributed by atoms with E-state index >= 15 is 0 Å². The predicted molar refractivity (Wildman–Crippen MR) is 62.5 cm³/mol. The van der Waals surface area contributed by atoms with Gasteiger partial charge in [0.05, 0.1) is 0 Å². The number of hydrogen-bond donors (Lipinski definition) is 1. The molecule has 0 atom stereocenters. The molecule has 1 rings (SSSR count). The largest absolute Gasteiger partial charge is 0.317 e. The Labute approximate surface area is 88.4 Å². The molecule has 1 aliphatic heterocycles. The minimum Gasteiger partial charge on any atom is -0.317 e. The Morgan fingerprint density at radius 2 is 2.07 bits per heavy atom. The first-order valence-corrected chi connectivity index (χ1v) is 5.83. The Hall–Kier alpha value is -0.340. The molecule has 1 heterocycles. The first-order chi connectivity index (χ1) is 6.83. The summed E-state index contributed by atoms with van der Waals surface area (Å²) in [5.41, 5.74) is 0. The van der Waals surface area contributed by atoms with Crippen molar-refractivity contribution in [2.75, 3.05) is 33.2 Å². The maximum absolute atomic E-state index is 3.41. The number of allylic oxidation sites excluding steroid dienone is 1. The third-order valence-electron chi connectivity index (χ3n) is 2.94. The molecule has 14 heavy (non-hydrogen) atoms. The molecule has 0 bridgehead atoms. The molecule has 1 aliphatic rings. The average Bonchev–Trinajstić information content (AvgIpc) is 2.20. The van der Waals surface area contributed by atoms with E-state index in [4.69, 9.17) is 0 Å². The summed E-state index contributed by atoms with van der Waals surface area (Å²) < 4.78 is 0. The minimum absolute atomic E-state index is 0.923. The normalized spacial score (nSPS) is 19.6. The monoisotopic (exact) mass is 196 g/mol. The molecular formula is C12H24N2. The summed E-state index contributed by atoms with van der Waals surface area (Å²) in [7, 11) is 2.24. The molecule has 1 N–H and O–H groups in total. The van der Waals surface area contributed by atoms with Crippen molar-refractivity contribution in [3.8, 4) is 0 Å². The first kappa shape index (κ1) is 11.7. The standard InChI is InChI=1S/C12H24N2/c1-3-4-5-10-14(2)11-12-6-8-13-9-7-12/h3-4,12-13H,5-11H2,1-2H3/b4-3+. The van der Waals surface area contributed by atoms with Crippen LogP contribution in [-0.2, 0) is 0 Å². The smallest absolute Gasteiger partial charge is 0.00130 e. The quantitative estimate of drug-likeness (QED) is 0.675. The van der Waals surface area contributed by atoms with Gasteiger partial charge < -0.3 is 10.2 Å². The van der Waals surface area contributed by atoms with Crippen LogP contribution in [0.25, 0.3) is 0 Å². The van der Waals surface area contributed by atoms with Gasteiger partial charge in [-0.05, 0) is 52.2 Å². The number of nitrogens with one attached hydrogen (secondary N) is 1. The lowest BCUT2D eigenvalue weighted by molar-refractivity contribution is 0.243. The van der Waals surface area contributed by atoms with E-state index in [2.05, 4.69) is 36.3 Å². The van der Waals surface area contributed by atoms with Crippen LogP contribution >= 0.6 is 0 Å². The van der Waals surface area contributed by atoms with Gasteiger partial charge in [0, 0.05) is 13.1 Å². The highest BCUT2D eigenvalue weighted by Gasteiger charge is 2.14. The van der Waals surface area contributed by atoms with Gasteiger partial charge in [-0.2, -0.15) is 0 Å². The van der Waals surface area contributed by atoms with Gasteiger partial charge >= 0.3 is 0 Å². The van der Waals surface area contributed by atoms with Gasteiger partial charge in [0.2, 0.25) is 0 Å². The zero-order valence-electron chi connectivity index (χ0n) is 9.63. The van der Waals surface area contributed by atoms with Crippen molar-refractivity contribution in [2.24, 2.45) is 5.92 Å². The second-order valence-corrected chi connectivity index (χ2v) is 4.31. The summed E-state index contributed by atoms with van der Waals surface area (Å²) in [6, 6.07) is 0. The van der Waals surface area contributed by atoms with Crippen LogP contribution < -0.4 is 5.32 Å². The number of nitrogens with zero attached hydrogens (tertiary/aromatic N) is 1. The van der Waals surface area contributed by atoms with Crippen LogP contribution in [0.2, 0.25) is 0 Å². The number of rotatable bonds is 5. The zero-order chi connectivity index (χ0) is 10.2. The highest BCUT2D eigenvalue weighted by Crippen LogP contribution is 2.12. The van der Waals surface area contributed by atoms with Crippen molar-refractivity contribution in [2.45, 2.75) is 26.2 Å². The third kappa shape index (κ3) is 4.77. The van der Waals surface area contributed by atoms with Gasteiger partial charge in [0.25, 0.3) is 0 Å². The van der Waals surface area contributed by atoms with Gasteiger partial charge in [-0.25, -0.2) is 0 Å². The molecule has 0 aliphatic carbocycles. The predicted octanol–water partition coefficient (Wildman–Crippen LogP) is 1.88. The van der Waals surface area contributed by atoms with E-state index < -0.39 is 0 Å². The van der Waals surface area contributed by atoms with Gasteiger partial charge in [-0.1, -0.05) is 12.2 Å². The second-order valence-electron chi connectivity index (χ2n) is 4.31. The Balaban J connectivity index is 2.08. The van der Waals surface area contributed by atoms with Crippen LogP contribution in [0.3, 0.4) is 0 Å². The Morgan fingerprint density at radius 3 is 2.71 bits per heavy atom. The van der Waals surface area contributed by atoms with Crippen LogP contribution in [0.4, 0.5) is 0 Å². The molecule has 1 fully saturated rings. The van der Waals surface area contributed by atoms with Crippen molar-refractivity contribution in [3.05, 3.63) is 12.2 Å². The molecule has 1 saturated heterocycles. The maximum Gasteiger partial charge on any atom is 0.00130 e. The highest BCUT2D eigenvalue weighted by atomic mass is 15.1. The van der Waals surface area contributed by atoms with Crippen molar-refractivity contribution < 1.29 is 0 Å². The summed E-state index contributed by atoms with van der Waals surface area (Å²) in [6.07, 6.45) is 8.29. The summed E-state index contributed by atoms with van der Waals surface area (Å²) in [5.74, 6) is 0.923. The van der Waals surface area contributed by atoms with E-state index in [1.54, 1.807) is 0 Å². The lowest BCUT2D eigenvalue weighted by Gasteiger charge is -2.27. The fourth-order valence-corrected chi connectivity index (χ4v) is 2.06. The van der Waals surface area contributed by atoms with Crippen LogP contribution in [0.15, 0.2) is 12.2 Å². The van der Waals surface area contributed by atoms with E-state index in [1.807, 2.05) is 0 Å². The van der Waals surface area contributed by atoms with Gasteiger partial charge in [-0.3, -0.25) is 0 Å². The van der Waals surface area contributed by atoms with Gasteiger partial charge in [-0.15, -0.1) is 0 Å². The molecule has 0 aromatic rings. The molecule has 0 saturated carbocycles. The van der Waals surface area contributed by atoms with Crippen molar-refractivity contribution in [1.82, 2.24) is 10.2 Å². The van der Waals surface area contributed by atoms with Crippen molar-refractivity contribution >= 4 is 0 Å². The SMILES string of the molecule is C/C=C/CCN(C)CC1CCNCC1. The van der Waals surface area contributed by atoms with Gasteiger partial charge in [0.1, 0.15) is 0 Å². The lowest BCUT2D eigenvalue weighted by atomic mass is 9.98. The van der Waals surface area contributed by atoms with Crippen molar-refractivity contribution in [1.29, 1.82) is 0 Å². The molecule has 0 unspecified atom stereocenters. The topological polar surface area (TPSA) is 15.3 Å². The Kier molecular flexibility index (Phi) is 5.88. The molecule has 0 amide bonds. The zero-order valence-corrected chi connectivity index (χ0v) is 9.63. The fraction of sp³-hybridized carbons (Fsp3) is 0.833.